The predicted octanol–water partition coefficient (Wildman–Crippen LogP) is 2.43. The van der Waals surface area contributed by atoms with E-state index in [2.05, 4.69) is 14.9 Å². The number of rotatable bonds is 1. The first kappa shape index (κ1) is 10.7. The van der Waals surface area contributed by atoms with Crippen molar-refractivity contribution >= 4 is 11.3 Å². The van der Waals surface area contributed by atoms with Crippen molar-refractivity contribution in [3.8, 4) is 10.7 Å². The highest BCUT2D eigenvalue weighted by atomic mass is 32.1. The van der Waals surface area contributed by atoms with Gasteiger partial charge in [0.25, 0.3) is 0 Å². The van der Waals surface area contributed by atoms with Crippen LogP contribution in [0.15, 0.2) is 12.3 Å². The van der Waals surface area contributed by atoms with E-state index in [4.69, 9.17) is 0 Å². The summed E-state index contributed by atoms with van der Waals surface area (Å²) in [6.07, 6.45) is 1.01. The van der Waals surface area contributed by atoms with Crippen LogP contribution in [0.1, 0.15) is 10.6 Å². The van der Waals surface area contributed by atoms with Crippen molar-refractivity contribution in [1.82, 2.24) is 14.9 Å². The highest BCUT2D eigenvalue weighted by molar-refractivity contribution is 7.15. The molecule has 0 N–H and O–H groups in total. The summed E-state index contributed by atoms with van der Waals surface area (Å²) in [5, 5.41) is 0.528. The molecule has 1 aliphatic rings. The van der Waals surface area contributed by atoms with Gasteiger partial charge in [-0.3, -0.25) is 4.90 Å². The Morgan fingerprint density at radius 2 is 2.18 bits per heavy atom. The van der Waals surface area contributed by atoms with Crippen LogP contribution in [0.25, 0.3) is 10.7 Å². The number of hydrogen-bond acceptors (Lipinski definition) is 4. The molecule has 0 atom stereocenters. The number of thiazole rings is 1. The van der Waals surface area contributed by atoms with Crippen LogP contribution in [0, 0.1) is 11.6 Å². The van der Waals surface area contributed by atoms with E-state index in [-0.39, 0.29) is 5.69 Å². The zero-order valence-corrected chi connectivity index (χ0v) is 9.89. The van der Waals surface area contributed by atoms with E-state index >= 15 is 0 Å². The van der Waals surface area contributed by atoms with Gasteiger partial charge in [-0.1, -0.05) is 0 Å². The molecule has 3 heterocycles. The van der Waals surface area contributed by atoms with Gasteiger partial charge in [-0.2, -0.15) is 0 Å². The number of fused-ring (bicyclic) bond motifs is 1. The van der Waals surface area contributed by atoms with Crippen LogP contribution in [0.5, 0.6) is 0 Å². The molecule has 0 fully saturated rings. The number of halogens is 2. The summed E-state index contributed by atoms with van der Waals surface area (Å²) in [6.45, 7) is 1.60. The van der Waals surface area contributed by atoms with Crippen molar-refractivity contribution < 1.29 is 8.78 Å². The van der Waals surface area contributed by atoms with Gasteiger partial charge in [0.15, 0.2) is 5.82 Å². The molecule has 3 rings (SSSR count). The number of aromatic nitrogens is 2. The third-order valence-corrected chi connectivity index (χ3v) is 3.71. The summed E-state index contributed by atoms with van der Waals surface area (Å²) in [5.41, 5.74) is 1.10. The second-order valence-electron chi connectivity index (χ2n) is 4.05. The van der Waals surface area contributed by atoms with Crippen LogP contribution in [0.3, 0.4) is 0 Å². The average molecular weight is 253 g/mol. The minimum absolute atomic E-state index is 0.133. The molecule has 0 amide bonds. The number of nitrogens with zero attached hydrogens (tertiary/aromatic N) is 3. The Bertz CT molecular complexity index is 559. The van der Waals surface area contributed by atoms with Crippen molar-refractivity contribution in [2.75, 3.05) is 7.05 Å². The second kappa shape index (κ2) is 3.82. The van der Waals surface area contributed by atoms with Gasteiger partial charge >= 0.3 is 0 Å². The number of pyridine rings is 1. The maximum absolute atomic E-state index is 13.5. The molecule has 0 saturated carbocycles. The minimum Gasteiger partial charge on any atom is -0.295 e. The van der Waals surface area contributed by atoms with Gasteiger partial charge in [-0.05, 0) is 7.05 Å². The largest absolute Gasteiger partial charge is 0.295 e. The SMILES string of the molecule is CN1Cc2nc(-c3ncc(F)cc3F)sc2C1. The first-order chi connectivity index (χ1) is 8.13. The lowest BCUT2D eigenvalue weighted by atomic mass is 10.3. The maximum Gasteiger partial charge on any atom is 0.154 e. The lowest BCUT2D eigenvalue weighted by Crippen LogP contribution is -2.08. The van der Waals surface area contributed by atoms with Gasteiger partial charge in [0.2, 0.25) is 0 Å². The summed E-state index contributed by atoms with van der Waals surface area (Å²) in [7, 11) is 2.00. The van der Waals surface area contributed by atoms with Gasteiger partial charge < -0.3 is 0 Å². The van der Waals surface area contributed by atoms with Crippen LogP contribution >= 0.6 is 11.3 Å². The molecular weight excluding hydrogens is 244 g/mol. The quantitative estimate of drug-likeness (QED) is 0.781. The Balaban J connectivity index is 2.03. The highest BCUT2D eigenvalue weighted by Crippen LogP contribution is 2.33. The average Bonchev–Trinajstić information content (AvgIpc) is 2.74. The van der Waals surface area contributed by atoms with Crippen molar-refractivity contribution in [2.24, 2.45) is 0 Å². The van der Waals surface area contributed by atoms with Crippen molar-refractivity contribution in [3.05, 3.63) is 34.5 Å². The molecule has 0 aliphatic carbocycles. The zero-order chi connectivity index (χ0) is 12.0. The predicted molar refractivity (Wildman–Crippen MR) is 60.4 cm³/mol. The molecule has 0 aromatic carbocycles. The standard InChI is InChI=1S/C11H9F2N3S/c1-16-4-8-9(5-16)17-11(15-8)10-7(13)2-6(12)3-14-10/h2-3H,4-5H2,1H3. The zero-order valence-electron chi connectivity index (χ0n) is 9.07. The molecule has 6 heteroatoms. The van der Waals surface area contributed by atoms with Crippen molar-refractivity contribution in [2.45, 2.75) is 13.1 Å². The normalized spacial score (nSPS) is 15.2. The Kier molecular flexibility index (Phi) is 2.41. The molecule has 88 valence electrons. The molecule has 17 heavy (non-hydrogen) atoms. The van der Waals surface area contributed by atoms with Crippen molar-refractivity contribution in [1.29, 1.82) is 0 Å². The van der Waals surface area contributed by atoms with Crippen LogP contribution in [0.4, 0.5) is 8.78 Å². The minimum atomic E-state index is -0.671. The van der Waals surface area contributed by atoms with Gasteiger partial charge in [0, 0.05) is 24.0 Å². The highest BCUT2D eigenvalue weighted by Gasteiger charge is 2.23. The van der Waals surface area contributed by atoms with E-state index in [1.165, 1.54) is 11.3 Å². The van der Waals surface area contributed by atoms with Crippen molar-refractivity contribution in [3.63, 3.8) is 0 Å². The summed E-state index contributed by atoms with van der Waals surface area (Å²) in [6, 6.07) is 0.834. The third-order valence-electron chi connectivity index (χ3n) is 2.62. The molecule has 0 saturated heterocycles. The van der Waals surface area contributed by atoms with Gasteiger partial charge in [0.1, 0.15) is 16.5 Å². The molecular formula is C11H9F2N3S. The van der Waals surface area contributed by atoms with E-state index in [1.807, 2.05) is 7.05 Å². The van der Waals surface area contributed by atoms with Crippen LogP contribution in [-0.4, -0.2) is 21.9 Å². The second-order valence-corrected chi connectivity index (χ2v) is 5.13. The van der Waals surface area contributed by atoms with E-state index in [0.717, 1.165) is 35.9 Å². The maximum atomic E-state index is 13.5. The molecule has 0 radical (unpaired) electrons. The molecule has 0 spiro atoms. The summed E-state index contributed by atoms with van der Waals surface area (Å²) >= 11 is 1.42. The first-order valence-corrected chi connectivity index (χ1v) is 5.93. The Morgan fingerprint density at radius 3 is 2.88 bits per heavy atom. The van der Waals surface area contributed by atoms with Gasteiger partial charge in [0.05, 0.1) is 11.9 Å². The fourth-order valence-electron chi connectivity index (χ4n) is 1.86. The summed E-state index contributed by atoms with van der Waals surface area (Å²) in [4.78, 5) is 11.4. The van der Waals surface area contributed by atoms with E-state index < -0.39 is 11.6 Å². The smallest absolute Gasteiger partial charge is 0.154 e. The fraction of sp³-hybridized carbons (Fsp3) is 0.273. The van der Waals surface area contributed by atoms with Gasteiger partial charge in [-0.15, -0.1) is 11.3 Å². The molecule has 0 unspecified atom stereocenters. The van der Waals surface area contributed by atoms with Crippen LogP contribution < -0.4 is 0 Å². The third kappa shape index (κ3) is 1.83. The first-order valence-electron chi connectivity index (χ1n) is 5.12. The lowest BCUT2D eigenvalue weighted by Gasteiger charge is -2.04. The van der Waals surface area contributed by atoms with E-state index in [9.17, 15) is 8.78 Å². The molecule has 3 nitrogen and oxygen atoms in total. The summed E-state index contributed by atoms with van der Waals surface area (Å²) in [5.74, 6) is -1.33. The molecule has 2 aromatic heterocycles. The fourth-order valence-corrected chi connectivity index (χ4v) is 3.01. The lowest BCUT2D eigenvalue weighted by molar-refractivity contribution is 0.352. The van der Waals surface area contributed by atoms with E-state index in [1.54, 1.807) is 0 Å². The molecule has 1 aliphatic heterocycles. The monoisotopic (exact) mass is 253 g/mol. The topological polar surface area (TPSA) is 29.0 Å². The summed E-state index contributed by atoms with van der Waals surface area (Å²) < 4.78 is 26.3. The Morgan fingerprint density at radius 1 is 1.35 bits per heavy atom. The van der Waals surface area contributed by atoms with Gasteiger partial charge in [-0.25, -0.2) is 18.7 Å². The van der Waals surface area contributed by atoms with E-state index in [0.29, 0.717) is 5.01 Å². The molecule has 0 bridgehead atoms. The Labute approximate surface area is 101 Å². The van der Waals surface area contributed by atoms with Crippen LogP contribution in [-0.2, 0) is 13.1 Å². The molecule has 2 aromatic rings. The Hall–Kier alpha value is -1.40. The van der Waals surface area contributed by atoms with Crippen LogP contribution in [0.2, 0.25) is 0 Å². The number of hydrogen-bond donors (Lipinski definition) is 0.